The van der Waals surface area contributed by atoms with Crippen LogP contribution in [0.25, 0.3) is 0 Å². The van der Waals surface area contributed by atoms with Crippen molar-refractivity contribution in [1.29, 1.82) is 0 Å². The van der Waals surface area contributed by atoms with E-state index in [0.717, 1.165) is 0 Å². The molecular formula is C11H20O3S2. The molecule has 0 aromatic carbocycles. The van der Waals surface area contributed by atoms with Crippen molar-refractivity contribution in [2.45, 2.75) is 37.6 Å². The van der Waals surface area contributed by atoms with E-state index < -0.39 is 6.29 Å². The molecule has 0 aromatic rings. The van der Waals surface area contributed by atoms with E-state index in [1.165, 1.54) is 17.9 Å². The molecule has 1 rings (SSSR count). The lowest BCUT2D eigenvalue weighted by Gasteiger charge is -2.22. The van der Waals surface area contributed by atoms with Gasteiger partial charge in [-0.3, -0.25) is 4.79 Å². The summed E-state index contributed by atoms with van der Waals surface area (Å²) in [6.07, 6.45) is 1.15. The molecule has 1 aliphatic heterocycles. The summed E-state index contributed by atoms with van der Waals surface area (Å²) in [6, 6.07) is 0. The van der Waals surface area contributed by atoms with Gasteiger partial charge in [0.1, 0.15) is 0 Å². The number of carbonyl (C=O) groups is 1. The highest BCUT2D eigenvalue weighted by atomic mass is 32.2. The lowest BCUT2D eigenvalue weighted by molar-refractivity contribution is -0.167. The molecule has 94 valence electrons. The number of rotatable bonds is 7. The van der Waals surface area contributed by atoms with Gasteiger partial charge in [0.15, 0.2) is 5.78 Å². The number of hydrogen-bond donors (Lipinski definition) is 0. The molecule has 5 heteroatoms. The first kappa shape index (κ1) is 14.4. The zero-order valence-corrected chi connectivity index (χ0v) is 11.6. The zero-order valence-electron chi connectivity index (χ0n) is 9.94. The van der Waals surface area contributed by atoms with E-state index in [0.29, 0.717) is 24.2 Å². The van der Waals surface area contributed by atoms with Crippen LogP contribution in [0, 0.1) is 0 Å². The standard InChI is InChI=1S/C11H20O3S2/c1-3-13-11(14-4-2)9(12)8-10-15-6-5-7-16-10/h10-11H,3-8H2,1-2H3. The fourth-order valence-corrected chi connectivity index (χ4v) is 4.31. The minimum absolute atomic E-state index is 0.0793. The van der Waals surface area contributed by atoms with Gasteiger partial charge in [-0.15, -0.1) is 23.5 Å². The summed E-state index contributed by atoms with van der Waals surface area (Å²) in [6.45, 7) is 4.79. The summed E-state index contributed by atoms with van der Waals surface area (Å²) >= 11 is 3.75. The largest absolute Gasteiger partial charge is 0.346 e. The SMILES string of the molecule is CCOC(OCC)C(=O)CC1SCCCS1. The van der Waals surface area contributed by atoms with Crippen molar-refractivity contribution in [1.82, 2.24) is 0 Å². The molecule has 16 heavy (non-hydrogen) atoms. The summed E-state index contributed by atoms with van der Waals surface area (Å²) < 4.78 is 11.0. The minimum Gasteiger partial charge on any atom is -0.346 e. The molecule has 3 nitrogen and oxygen atoms in total. The van der Waals surface area contributed by atoms with Gasteiger partial charge in [0, 0.05) is 19.6 Å². The zero-order chi connectivity index (χ0) is 11.8. The Labute approximate surface area is 106 Å². The van der Waals surface area contributed by atoms with E-state index in [4.69, 9.17) is 9.47 Å². The first-order valence-corrected chi connectivity index (χ1v) is 7.86. The molecule has 0 unspecified atom stereocenters. The average Bonchev–Trinajstić information content (AvgIpc) is 2.30. The van der Waals surface area contributed by atoms with Gasteiger partial charge in [-0.05, 0) is 31.8 Å². The topological polar surface area (TPSA) is 35.5 Å². The summed E-state index contributed by atoms with van der Waals surface area (Å²) in [5.41, 5.74) is 0. The van der Waals surface area contributed by atoms with E-state index in [1.54, 1.807) is 0 Å². The van der Waals surface area contributed by atoms with Crippen molar-refractivity contribution < 1.29 is 14.3 Å². The number of carbonyl (C=O) groups excluding carboxylic acids is 1. The highest BCUT2D eigenvalue weighted by molar-refractivity contribution is 8.17. The Morgan fingerprint density at radius 2 is 1.81 bits per heavy atom. The summed E-state index contributed by atoms with van der Waals surface area (Å²) in [5.74, 6) is 2.41. The molecule has 1 fully saturated rings. The van der Waals surface area contributed by atoms with Crippen molar-refractivity contribution in [3.8, 4) is 0 Å². The lowest BCUT2D eigenvalue weighted by Crippen LogP contribution is -2.30. The van der Waals surface area contributed by atoms with Crippen molar-refractivity contribution >= 4 is 29.3 Å². The van der Waals surface area contributed by atoms with E-state index in [9.17, 15) is 4.79 Å². The molecule has 0 spiro atoms. The molecule has 0 atom stereocenters. The van der Waals surface area contributed by atoms with Crippen LogP contribution < -0.4 is 0 Å². The van der Waals surface area contributed by atoms with Crippen LogP contribution in [0.4, 0.5) is 0 Å². The molecule has 1 saturated heterocycles. The molecule has 1 heterocycles. The molecule has 0 saturated carbocycles. The highest BCUT2D eigenvalue weighted by Gasteiger charge is 2.24. The Hall–Kier alpha value is 0.290. The van der Waals surface area contributed by atoms with Gasteiger partial charge in [0.05, 0.1) is 4.58 Å². The maximum Gasteiger partial charge on any atom is 0.217 e. The van der Waals surface area contributed by atoms with Gasteiger partial charge in [-0.25, -0.2) is 0 Å². The third kappa shape index (κ3) is 5.08. The van der Waals surface area contributed by atoms with Crippen molar-refractivity contribution in [2.75, 3.05) is 24.7 Å². The predicted molar refractivity (Wildman–Crippen MR) is 70.0 cm³/mol. The molecule has 0 radical (unpaired) electrons. The molecule has 0 aliphatic carbocycles. The first-order valence-electron chi connectivity index (χ1n) is 5.77. The Kier molecular flexibility index (Phi) is 7.53. The van der Waals surface area contributed by atoms with Gasteiger partial charge >= 0.3 is 0 Å². The van der Waals surface area contributed by atoms with Crippen LogP contribution in [0.15, 0.2) is 0 Å². The maximum absolute atomic E-state index is 11.9. The molecule has 0 aromatic heterocycles. The van der Waals surface area contributed by atoms with E-state index in [-0.39, 0.29) is 5.78 Å². The lowest BCUT2D eigenvalue weighted by atomic mass is 10.3. The van der Waals surface area contributed by atoms with Gasteiger partial charge in [0.2, 0.25) is 6.29 Å². The maximum atomic E-state index is 11.9. The molecule has 0 bridgehead atoms. The van der Waals surface area contributed by atoms with Crippen LogP contribution in [0.3, 0.4) is 0 Å². The van der Waals surface area contributed by atoms with E-state index in [1.807, 2.05) is 37.4 Å². The number of ketones is 1. The minimum atomic E-state index is -0.655. The van der Waals surface area contributed by atoms with Crippen molar-refractivity contribution in [3.05, 3.63) is 0 Å². The Balaban J connectivity index is 2.34. The van der Waals surface area contributed by atoms with Gasteiger partial charge in [-0.1, -0.05) is 0 Å². The predicted octanol–water partition coefficient (Wildman–Crippen LogP) is 2.54. The van der Waals surface area contributed by atoms with E-state index >= 15 is 0 Å². The quantitative estimate of drug-likeness (QED) is 0.660. The van der Waals surface area contributed by atoms with Crippen molar-refractivity contribution in [2.24, 2.45) is 0 Å². The normalized spacial score (nSPS) is 17.9. The Morgan fingerprint density at radius 3 is 2.31 bits per heavy atom. The average molecular weight is 264 g/mol. The molecule has 1 aliphatic rings. The van der Waals surface area contributed by atoms with Gasteiger partial charge < -0.3 is 9.47 Å². The van der Waals surface area contributed by atoms with Crippen LogP contribution in [0.5, 0.6) is 0 Å². The second-order valence-corrected chi connectivity index (χ2v) is 6.36. The van der Waals surface area contributed by atoms with Crippen LogP contribution in [0.1, 0.15) is 26.7 Å². The van der Waals surface area contributed by atoms with Crippen LogP contribution >= 0.6 is 23.5 Å². The number of ether oxygens (including phenoxy) is 2. The smallest absolute Gasteiger partial charge is 0.217 e. The van der Waals surface area contributed by atoms with Crippen molar-refractivity contribution in [3.63, 3.8) is 0 Å². The molecular weight excluding hydrogens is 244 g/mol. The fraction of sp³-hybridized carbons (Fsp3) is 0.909. The summed E-state index contributed by atoms with van der Waals surface area (Å²) in [7, 11) is 0. The van der Waals surface area contributed by atoms with E-state index in [2.05, 4.69) is 0 Å². The second kappa shape index (κ2) is 8.39. The van der Waals surface area contributed by atoms with Crippen LogP contribution in [-0.4, -0.2) is 41.4 Å². The number of Topliss-reactive ketones (excluding diaryl/α,β-unsaturated/α-hetero) is 1. The number of hydrogen-bond acceptors (Lipinski definition) is 5. The monoisotopic (exact) mass is 264 g/mol. The summed E-state index contributed by atoms with van der Waals surface area (Å²) in [5, 5.41) is 0. The Morgan fingerprint density at radius 1 is 1.25 bits per heavy atom. The molecule has 0 amide bonds. The Bertz CT molecular complexity index is 199. The van der Waals surface area contributed by atoms with Crippen LogP contribution in [-0.2, 0) is 14.3 Å². The van der Waals surface area contributed by atoms with Crippen LogP contribution in [0.2, 0.25) is 0 Å². The second-order valence-electron chi connectivity index (χ2n) is 3.44. The van der Waals surface area contributed by atoms with Gasteiger partial charge in [-0.2, -0.15) is 0 Å². The third-order valence-electron chi connectivity index (χ3n) is 2.16. The number of thioether (sulfide) groups is 2. The highest BCUT2D eigenvalue weighted by Crippen LogP contribution is 2.33. The summed E-state index contributed by atoms with van der Waals surface area (Å²) in [4.78, 5) is 11.9. The third-order valence-corrected chi connectivity index (χ3v) is 5.11. The fourth-order valence-electron chi connectivity index (χ4n) is 1.45. The van der Waals surface area contributed by atoms with Gasteiger partial charge in [0.25, 0.3) is 0 Å². The first-order chi connectivity index (χ1) is 7.77. The molecule has 0 N–H and O–H groups in total.